The van der Waals surface area contributed by atoms with Gasteiger partial charge in [0.25, 0.3) is 0 Å². The van der Waals surface area contributed by atoms with E-state index in [-0.39, 0.29) is 11.9 Å². The molecule has 1 aliphatic rings. The average Bonchev–Trinajstić information content (AvgIpc) is 2.66. The van der Waals surface area contributed by atoms with Crippen molar-refractivity contribution in [3.8, 4) is 0 Å². The molecular weight excluding hydrogens is 194 g/mol. The Morgan fingerprint density at radius 1 is 1.71 bits per heavy atom. The molecule has 1 unspecified atom stereocenters. The highest BCUT2D eigenvalue weighted by atomic mass is 32.1. The molecule has 0 bridgehead atoms. The van der Waals surface area contributed by atoms with Crippen LogP contribution >= 0.6 is 11.3 Å². The quantitative estimate of drug-likeness (QED) is 0.741. The Kier molecular flexibility index (Phi) is 2.68. The smallest absolute Gasteiger partial charge is 0.243 e. The number of fused-ring (bicyclic) bond motifs is 1. The van der Waals surface area contributed by atoms with Crippen LogP contribution in [0.4, 0.5) is 0 Å². The van der Waals surface area contributed by atoms with Crippen LogP contribution in [-0.4, -0.2) is 5.91 Å². The van der Waals surface area contributed by atoms with Gasteiger partial charge in [0, 0.05) is 4.88 Å². The third kappa shape index (κ3) is 1.73. The number of hydrogen-bond donors (Lipinski definition) is 1. The standard InChI is InChI=1S/C11H13NOS/c1-2-11(13)12-9-4-3-5-10-8(9)6-7-14-10/h2,6-7,9H,1,3-5H2,(H,12,13). The van der Waals surface area contributed by atoms with E-state index in [1.807, 2.05) is 0 Å². The molecule has 0 aliphatic heterocycles. The molecule has 0 saturated carbocycles. The van der Waals surface area contributed by atoms with E-state index in [4.69, 9.17) is 0 Å². The van der Waals surface area contributed by atoms with Gasteiger partial charge >= 0.3 is 0 Å². The van der Waals surface area contributed by atoms with Crippen LogP contribution in [0.3, 0.4) is 0 Å². The van der Waals surface area contributed by atoms with Gasteiger partial charge in [-0.05, 0) is 42.3 Å². The number of nitrogens with one attached hydrogen (secondary N) is 1. The molecule has 2 rings (SSSR count). The van der Waals surface area contributed by atoms with Crippen molar-refractivity contribution in [2.45, 2.75) is 25.3 Å². The van der Waals surface area contributed by atoms with Crippen molar-refractivity contribution in [1.29, 1.82) is 0 Å². The van der Waals surface area contributed by atoms with E-state index in [1.165, 1.54) is 16.5 Å². The van der Waals surface area contributed by atoms with Crippen LogP contribution in [-0.2, 0) is 11.2 Å². The molecule has 74 valence electrons. The molecule has 1 amide bonds. The van der Waals surface area contributed by atoms with Crippen molar-refractivity contribution >= 4 is 17.2 Å². The molecule has 1 atom stereocenters. The highest BCUT2D eigenvalue weighted by Crippen LogP contribution is 2.33. The molecule has 0 saturated heterocycles. The zero-order chi connectivity index (χ0) is 9.97. The maximum Gasteiger partial charge on any atom is 0.243 e. The third-order valence-electron chi connectivity index (χ3n) is 2.55. The number of rotatable bonds is 2. The number of carbonyl (C=O) groups is 1. The maximum absolute atomic E-state index is 11.2. The lowest BCUT2D eigenvalue weighted by molar-refractivity contribution is -0.117. The van der Waals surface area contributed by atoms with Crippen molar-refractivity contribution in [3.05, 3.63) is 34.5 Å². The predicted molar refractivity (Wildman–Crippen MR) is 58.3 cm³/mol. The van der Waals surface area contributed by atoms with Gasteiger partial charge in [-0.3, -0.25) is 4.79 Å². The predicted octanol–water partition coefficient (Wildman–Crippen LogP) is 2.43. The van der Waals surface area contributed by atoms with Crippen molar-refractivity contribution in [1.82, 2.24) is 5.32 Å². The molecule has 0 spiro atoms. The Bertz CT molecular complexity index is 356. The molecule has 2 nitrogen and oxygen atoms in total. The van der Waals surface area contributed by atoms with Gasteiger partial charge in [-0.2, -0.15) is 0 Å². The van der Waals surface area contributed by atoms with Gasteiger partial charge < -0.3 is 5.32 Å². The lowest BCUT2D eigenvalue weighted by Gasteiger charge is -2.22. The molecule has 1 heterocycles. The second kappa shape index (κ2) is 3.96. The summed E-state index contributed by atoms with van der Waals surface area (Å²) in [7, 11) is 0. The van der Waals surface area contributed by atoms with Crippen molar-refractivity contribution in [2.75, 3.05) is 0 Å². The van der Waals surface area contributed by atoms with E-state index in [2.05, 4.69) is 23.3 Å². The van der Waals surface area contributed by atoms with Crippen molar-refractivity contribution < 1.29 is 4.79 Å². The Morgan fingerprint density at radius 3 is 3.36 bits per heavy atom. The lowest BCUT2D eigenvalue weighted by Crippen LogP contribution is -2.28. The van der Waals surface area contributed by atoms with E-state index in [0.29, 0.717) is 0 Å². The van der Waals surface area contributed by atoms with Gasteiger partial charge in [0.15, 0.2) is 0 Å². The first-order valence-corrected chi connectivity index (χ1v) is 5.68. The minimum Gasteiger partial charge on any atom is -0.346 e. The molecule has 1 aromatic heterocycles. The molecule has 0 fully saturated rings. The van der Waals surface area contributed by atoms with E-state index in [9.17, 15) is 4.79 Å². The SMILES string of the molecule is C=CC(=O)NC1CCCc2sccc21. The zero-order valence-electron chi connectivity index (χ0n) is 7.95. The molecule has 0 aromatic carbocycles. The van der Waals surface area contributed by atoms with Gasteiger partial charge in [0.05, 0.1) is 6.04 Å². The first-order chi connectivity index (χ1) is 6.81. The van der Waals surface area contributed by atoms with Crippen LogP contribution in [0.25, 0.3) is 0 Å². The molecule has 3 heteroatoms. The van der Waals surface area contributed by atoms with Crippen LogP contribution in [0.15, 0.2) is 24.1 Å². The fourth-order valence-electron chi connectivity index (χ4n) is 1.87. The van der Waals surface area contributed by atoms with E-state index in [0.717, 1.165) is 19.3 Å². The molecule has 0 radical (unpaired) electrons. The highest BCUT2D eigenvalue weighted by Gasteiger charge is 2.21. The van der Waals surface area contributed by atoms with Crippen LogP contribution in [0.2, 0.25) is 0 Å². The second-order valence-electron chi connectivity index (χ2n) is 3.46. The van der Waals surface area contributed by atoms with Gasteiger partial charge in [-0.15, -0.1) is 11.3 Å². The fourth-order valence-corrected chi connectivity index (χ4v) is 2.85. The van der Waals surface area contributed by atoms with Gasteiger partial charge in [0.1, 0.15) is 0 Å². The largest absolute Gasteiger partial charge is 0.346 e. The summed E-state index contributed by atoms with van der Waals surface area (Å²) < 4.78 is 0. The van der Waals surface area contributed by atoms with Crippen molar-refractivity contribution in [3.63, 3.8) is 0 Å². The van der Waals surface area contributed by atoms with Crippen LogP contribution in [0, 0.1) is 0 Å². The zero-order valence-corrected chi connectivity index (χ0v) is 8.77. The number of hydrogen-bond acceptors (Lipinski definition) is 2. The third-order valence-corrected chi connectivity index (χ3v) is 3.55. The number of carbonyl (C=O) groups excluding carboxylic acids is 1. The Hall–Kier alpha value is -1.09. The first kappa shape index (κ1) is 9.46. The molecule has 14 heavy (non-hydrogen) atoms. The summed E-state index contributed by atoms with van der Waals surface area (Å²) in [6.45, 7) is 3.46. The monoisotopic (exact) mass is 207 g/mol. The second-order valence-corrected chi connectivity index (χ2v) is 4.46. The lowest BCUT2D eigenvalue weighted by atomic mass is 9.94. The number of thiophene rings is 1. The minimum absolute atomic E-state index is 0.0750. The Labute approximate surface area is 87.6 Å². The fraction of sp³-hybridized carbons (Fsp3) is 0.364. The molecule has 1 aliphatic carbocycles. The van der Waals surface area contributed by atoms with Crippen LogP contribution in [0.5, 0.6) is 0 Å². The normalized spacial score (nSPS) is 19.9. The molecule has 1 N–H and O–H groups in total. The summed E-state index contributed by atoms with van der Waals surface area (Å²) in [6, 6.07) is 2.32. The summed E-state index contributed by atoms with van der Waals surface area (Å²) in [4.78, 5) is 12.6. The Morgan fingerprint density at radius 2 is 2.57 bits per heavy atom. The summed E-state index contributed by atoms with van der Waals surface area (Å²) in [5.41, 5.74) is 1.30. The highest BCUT2D eigenvalue weighted by molar-refractivity contribution is 7.10. The van der Waals surface area contributed by atoms with Crippen LogP contribution in [0.1, 0.15) is 29.3 Å². The number of aryl methyl sites for hydroxylation is 1. The maximum atomic E-state index is 11.2. The Balaban J connectivity index is 2.16. The van der Waals surface area contributed by atoms with Crippen LogP contribution < -0.4 is 5.32 Å². The average molecular weight is 207 g/mol. The molecular formula is C11H13NOS. The summed E-state index contributed by atoms with van der Waals surface area (Å²) in [6.07, 6.45) is 4.70. The van der Waals surface area contributed by atoms with E-state index >= 15 is 0 Å². The molecule has 1 aromatic rings. The van der Waals surface area contributed by atoms with Gasteiger partial charge in [-0.25, -0.2) is 0 Å². The van der Waals surface area contributed by atoms with Gasteiger partial charge in [0.2, 0.25) is 5.91 Å². The van der Waals surface area contributed by atoms with Crippen molar-refractivity contribution in [2.24, 2.45) is 0 Å². The topological polar surface area (TPSA) is 29.1 Å². The summed E-state index contributed by atoms with van der Waals surface area (Å²) >= 11 is 1.79. The van der Waals surface area contributed by atoms with E-state index < -0.39 is 0 Å². The summed E-state index contributed by atoms with van der Waals surface area (Å²) in [5, 5.41) is 5.06. The van der Waals surface area contributed by atoms with Gasteiger partial charge in [-0.1, -0.05) is 6.58 Å². The minimum atomic E-state index is -0.0750. The summed E-state index contributed by atoms with van der Waals surface area (Å²) in [5.74, 6) is -0.0750. The number of amides is 1. The van der Waals surface area contributed by atoms with E-state index in [1.54, 1.807) is 11.3 Å². The first-order valence-electron chi connectivity index (χ1n) is 4.80.